The number of hydrogen-bond acceptors (Lipinski definition) is 3. The van der Waals surface area contributed by atoms with Crippen molar-refractivity contribution in [3.05, 3.63) is 46.3 Å². The second kappa shape index (κ2) is 7.14. The number of aryl methyl sites for hydroxylation is 1. The summed E-state index contributed by atoms with van der Waals surface area (Å²) in [5.41, 5.74) is 2.05. The van der Waals surface area contributed by atoms with E-state index in [-0.39, 0.29) is 17.9 Å². The smallest absolute Gasteiger partial charge is 0.435 e. The molecule has 0 radical (unpaired) electrons. The summed E-state index contributed by atoms with van der Waals surface area (Å²) in [6.07, 6.45) is -2.06. The van der Waals surface area contributed by atoms with E-state index in [1.54, 1.807) is 12.0 Å². The van der Waals surface area contributed by atoms with Crippen LogP contribution in [0.4, 0.5) is 13.2 Å². The van der Waals surface area contributed by atoms with Crippen LogP contribution in [0.15, 0.2) is 18.2 Å². The number of methoxy groups -OCH3 is 1. The van der Waals surface area contributed by atoms with Gasteiger partial charge in [0, 0.05) is 30.3 Å². The van der Waals surface area contributed by atoms with Crippen LogP contribution in [0.3, 0.4) is 0 Å². The summed E-state index contributed by atoms with van der Waals surface area (Å²) in [5, 5.41) is 5.95. The Balaban J connectivity index is 1.50. The molecule has 1 N–H and O–H groups in total. The number of amides is 1. The van der Waals surface area contributed by atoms with Gasteiger partial charge < -0.3 is 9.64 Å². The van der Waals surface area contributed by atoms with Gasteiger partial charge in [0.25, 0.3) is 0 Å². The molecule has 5 nitrogen and oxygen atoms in total. The summed E-state index contributed by atoms with van der Waals surface area (Å²) >= 11 is 0. The van der Waals surface area contributed by atoms with Crippen molar-refractivity contribution in [1.82, 2.24) is 15.1 Å². The molecule has 1 aliphatic carbocycles. The number of benzene rings is 1. The first-order valence-corrected chi connectivity index (χ1v) is 9.45. The van der Waals surface area contributed by atoms with E-state index in [9.17, 15) is 18.0 Å². The molecule has 1 unspecified atom stereocenters. The Morgan fingerprint density at radius 3 is 2.75 bits per heavy atom. The predicted octanol–water partition coefficient (Wildman–Crippen LogP) is 3.17. The number of carbonyl (C=O) groups is 1. The SMILES string of the molecule is COc1cccc2c1CCN(C(=O)C1CCc3[nH]nc(C(F)(F)F)c3C1)CC2. The molecule has 8 heteroatoms. The lowest BCUT2D eigenvalue weighted by molar-refractivity contribution is -0.143. The maximum Gasteiger partial charge on any atom is 0.435 e. The highest BCUT2D eigenvalue weighted by molar-refractivity contribution is 5.79. The topological polar surface area (TPSA) is 58.2 Å². The van der Waals surface area contributed by atoms with Gasteiger partial charge in [0.05, 0.1) is 7.11 Å². The molecule has 1 amide bonds. The number of halogens is 3. The molecule has 1 aromatic carbocycles. The normalized spacial score (nSPS) is 19.6. The van der Waals surface area contributed by atoms with Gasteiger partial charge in [-0.05, 0) is 49.3 Å². The number of fused-ring (bicyclic) bond motifs is 2. The molecular formula is C20H22F3N3O2. The third-order valence-corrected chi connectivity index (χ3v) is 5.81. The van der Waals surface area contributed by atoms with Crippen LogP contribution in [-0.4, -0.2) is 41.2 Å². The summed E-state index contributed by atoms with van der Waals surface area (Å²) < 4.78 is 45.0. The first-order chi connectivity index (χ1) is 13.4. The Bertz CT molecular complexity index is 891. The Morgan fingerprint density at radius 2 is 2.00 bits per heavy atom. The quantitative estimate of drug-likeness (QED) is 0.853. The van der Waals surface area contributed by atoms with E-state index in [1.165, 1.54) is 0 Å². The summed E-state index contributed by atoms with van der Waals surface area (Å²) in [6, 6.07) is 5.89. The van der Waals surface area contributed by atoms with Crippen LogP contribution in [0.5, 0.6) is 5.75 Å². The molecule has 0 bridgehead atoms. The highest BCUT2D eigenvalue weighted by Crippen LogP contribution is 2.36. The van der Waals surface area contributed by atoms with Crippen molar-refractivity contribution in [3.8, 4) is 5.75 Å². The molecule has 2 aliphatic rings. The molecule has 4 rings (SSSR count). The van der Waals surface area contributed by atoms with Gasteiger partial charge in [-0.1, -0.05) is 12.1 Å². The van der Waals surface area contributed by atoms with E-state index in [1.807, 2.05) is 18.2 Å². The number of aromatic nitrogens is 2. The summed E-state index contributed by atoms with van der Waals surface area (Å²) in [6.45, 7) is 1.12. The fraction of sp³-hybridized carbons (Fsp3) is 0.500. The highest BCUT2D eigenvalue weighted by Gasteiger charge is 2.41. The van der Waals surface area contributed by atoms with Gasteiger partial charge >= 0.3 is 6.18 Å². The van der Waals surface area contributed by atoms with Crippen molar-refractivity contribution >= 4 is 5.91 Å². The maximum absolute atomic E-state index is 13.2. The minimum Gasteiger partial charge on any atom is -0.496 e. The number of hydrogen-bond donors (Lipinski definition) is 1. The standard InChI is InChI=1S/C20H22F3N3O2/c1-28-17-4-2-3-12-7-9-26(10-8-14(12)17)19(27)13-5-6-16-15(11-13)18(25-24-16)20(21,22)23/h2-4,13H,5-11H2,1H3,(H,24,25). The number of ether oxygens (including phenoxy) is 1. The van der Waals surface area contributed by atoms with Gasteiger partial charge in [-0.3, -0.25) is 9.89 Å². The largest absolute Gasteiger partial charge is 0.496 e. The average molecular weight is 393 g/mol. The number of nitrogens with zero attached hydrogens (tertiary/aromatic N) is 2. The third-order valence-electron chi connectivity index (χ3n) is 5.81. The lowest BCUT2D eigenvalue weighted by Crippen LogP contribution is -2.40. The lowest BCUT2D eigenvalue weighted by Gasteiger charge is -2.28. The van der Waals surface area contributed by atoms with Crippen molar-refractivity contribution < 1.29 is 22.7 Å². The molecule has 2 heterocycles. The van der Waals surface area contributed by atoms with Gasteiger partial charge in [0.15, 0.2) is 5.69 Å². The van der Waals surface area contributed by atoms with Gasteiger partial charge in [0.2, 0.25) is 5.91 Å². The monoisotopic (exact) mass is 393 g/mol. The molecular weight excluding hydrogens is 371 g/mol. The van der Waals surface area contributed by atoms with E-state index >= 15 is 0 Å². The number of carbonyl (C=O) groups excluding carboxylic acids is 1. The Labute approximate surface area is 160 Å². The molecule has 28 heavy (non-hydrogen) atoms. The van der Waals surface area contributed by atoms with Gasteiger partial charge in [0.1, 0.15) is 5.75 Å². The number of H-pyrrole nitrogens is 1. The fourth-order valence-corrected chi connectivity index (χ4v) is 4.35. The predicted molar refractivity (Wildman–Crippen MR) is 96.1 cm³/mol. The number of alkyl halides is 3. The number of rotatable bonds is 2. The van der Waals surface area contributed by atoms with E-state index in [2.05, 4.69) is 10.2 Å². The molecule has 0 saturated heterocycles. The Morgan fingerprint density at radius 1 is 1.21 bits per heavy atom. The second-order valence-corrected chi connectivity index (χ2v) is 7.39. The minimum absolute atomic E-state index is 0.0632. The van der Waals surface area contributed by atoms with Crippen LogP contribution < -0.4 is 4.74 Å². The average Bonchev–Trinajstić information content (AvgIpc) is 2.99. The zero-order valence-corrected chi connectivity index (χ0v) is 15.6. The van der Waals surface area contributed by atoms with Gasteiger partial charge in [-0.2, -0.15) is 18.3 Å². The van der Waals surface area contributed by atoms with Gasteiger partial charge in [-0.15, -0.1) is 0 Å². The fourth-order valence-electron chi connectivity index (χ4n) is 4.35. The molecule has 1 aliphatic heterocycles. The molecule has 2 aromatic rings. The van der Waals surface area contributed by atoms with Crippen molar-refractivity contribution in [2.75, 3.05) is 20.2 Å². The van der Waals surface area contributed by atoms with Crippen molar-refractivity contribution in [1.29, 1.82) is 0 Å². The van der Waals surface area contributed by atoms with E-state index in [0.29, 0.717) is 38.0 Å². The van der Waals surface area contributed by atoms with E-state index in [0.717, 1.165) is 23.3 Å². The molecule has 150 valence electrons. The van der Waals surface area contributed by atoms with Gasteiger partial charge in [-0.25, -0.2) is 0 Å². The van der Waals surface area contributed by atoms with E-state index in [4.69, 9.17) is 4.74 Å². The van der Waals surface area contributed by atoms with Crippen molar-refractivity contribution in [2.45, 2.75) is 38.3 Å². The molecule has 1 atom stereocenters. The molecule has 1 aromatic heterocycles. The van der Waals surface area contributed by atoms with E-state index < -0.39 is 17.8 Å². The summed E-state index contributed by atoms with van der Waals surface area (Å²) in [4.78, 5) is 14.9. The number of aromatic amines is 1. The zero-order chi connectivity index (χ0) is 19.9. The first-order valence-electron chi connectivity index (χ1n) is 9.45. The van der Waals surface area contributed by atoms with Crippen LogP contribution in [-0.2, 0) is 36.7 Å². The summed E-state index contributed by atoms with van der Waals surface area (Å²) in [7, 11) is 1.63. The maximum atomic E-state index is 13.2. The summed E-state index contributed by atoms with van der Waals surface area (Å²) in [5.74, 6) is 0.323. The van der Waals surface area contributed by atoms with Crippen LogP contribution >= 0.6 is 0 Å². The third kappa shape index (κ3) is 3.36. The molecule has 0 saturated carbocycles. The van der Waals surface area contributed by atoms with Crippen LogP contribution in [0.1, 0.15) is 34.5 Å². The molecule has 0 fully saturated rings. The Hall–Kier alpha value is -2.51. The first kappa shape index (κ1) is 18.8. The van der Waals surface area contributed by atoms with Crippen molar-refractivity contribution in [2.24, 2.45) is 5.92 Å². The van der Waals surface area contributed by atoms with Crippen LogP contribution in [0, 0.1) is 5.92 Å². The van der Waals surface area contributed by atoms with Crippen LogP contribution in [0.2, 0.25) is 0 Å². The van der Waals surface area contributed by atoms with Crippen LogP contribution in [0.25, 0.3) is 0 Å². The van der Waals surface area contributed by atoms with Crippen molar-refractivity contribution in [3.63, 3.8) is 0 Å². The second-order valence-electron chi connectivity index (χ2n) is 7.39. The molecule has 0 spiro atoms. The Kier molecular flexibility index (Phi) is 4.81. The lowest BCUT2D eigenvalue weighted by atomic mass is 9.85. The zero-order valence-electron chi connectivity index (χ0n) is 15.6. The number of nitrogens with one attached hydrogen (secondary N) is 1. The minimum atomic E-state index is -4.50. The highest BCUT2D eigenvalue weighted by atomic mass is 19.4.